The maximum Gasteiger partial charge on any atom is 0.225 e. The summed E-state index contributed by atoms with van der Waals surface area (Å²) in [7, 11) is 1.59. The maximum absolute atomic E-state index is 13.2. The molecule has 0 bridgehead atoms. The van der Waals surface area contributed by atoms with Crippen LogP contribution < -0.4 is 5.73 Å². The second kappa shape index (κ2) is 11.6. The first-order valence-electron chi connectivity index (χ1n) is 11.9. The first-order chi connectivity index (χ1) is 16.5. The van der Waals surface area contributed by atoms with Crippen LogP contribution in [0.4, 0.5) is 5.95 Å². The van der Waals surface area contributed by atoms with Crippen LogP contribution in [0.2, 0.25) is 5.02 Å². The van der Waals surface area contributed by atoms with Gasteiger partial charge >= 0.3 is 0 Å². The van der Waals surface area contributed by atoms with E-state index in [1.165, 1.54) is 0 Å². The highest BCUT2D eigenvalue weighted by molar-refractivity contribution is 6.30. The number of carbonyl (C=O) groups is 1. The predicted molar refractivity (Wildman–Crippen MR) is 133 cm³/mol. The van der Waals surface area contributed by atoms with Crippen molar-refractivity contribution in [2.75, 3.05) is 39.0 Å². The number of halogens is 1. The summed E-state index contributed by atoms with van der Waals surface area (Å²) in [6.45, 7) is 4.15. The lowest BCUT2D eigenvalue weighted by atomic mass is 9.87. The lowest BCUT2D eigenvalue weighted by molar-refractivity contribution is -0.138. The first-order valence-corrected chi connectivity index (χ1v) is 12.3. The maximum atomic E-state index is 13.2. The Hall–Kier alpha value is -2.71. The minimum Gasteiger partial charge on any atom is -0.399 e. The van der Waals surface area contributed by atoms with Crippen molar-refractivity contribution >= 4 is 29.2 Å². The molecule has 2 aliphatic heterocycles. The molecule has 2 aromatic rings. The number of aromatic nitrogens is 2. The van der Waals surface area contributed by atoms with E-state index in [2.05, 4.69) is 24.9 Å². The number of nitrogens with zero attached hydrogens (tertiary/aromatic N) is 5. The van der Waals surface area contributed by atoms with Gasteiger partial charge in [0, 0.05) is 60.9 Å². The van der Waals surface area contributed by atoms with Gasteiger partial charge in [-0.3, -0.25) is 9.69 Å². The zero-order valence-electron chi connectivity index (χ0n) is 19.7. The van der Waals surface area contributed by atoms with Crippen molar-refractivity contribution in [2.45, 2.75) is 38.6 Å². The van der Waals surface area contributed by atoms with Crippen LogP contribution in [0.3, 0.4) is 0 Å². The molecule has 3 heterocycles. The zero-order valence-corrected chi connectivity index (χ0v) is 20.5. The summed E-state index contributed by atoms with van der Waals surface area (Å²) in [4.78, 5) is 30.9. The Balaban J connectivity index is 1.24. The molecule has 9 heteroatoms. The van der Waals surface area contributed by atoms with Crippen LogP contribution >= 0.6 is 11.6 Å². The Kier molecular flexibility index (Phi) is 8.34. The van der Waals surface area contributed by atoms with Crippen molar-refractivity contribution in [1.29, 1.82) is 0 Å². The van der Waals surface area contributed by atoms with Crippen LogP contribution in [0.25, 0.3) is 0 Å². The quantitative estimate of drug-likeness (QED) is 0.478. The van der Waals surface area contributed by atoms with Crippen molar-refractivity contribution < 1.29 is 9.63 Å². The fourth-order valence-corrected chi connectivity index (χ4v) is 5.04. The molecule has 1 amide bonds. The van der Waals surface area contributed by atoms with E-state index in [0.29, 0.717) is 17.8 Å². The van der Waals surface area contributed by atoms with Crippen LogP contribution in [0.15, 0.2) is 41.8 Å². The van der Waals surface area contributed by atoms with Crippen LogP contribution in [-0.2, 0) is 22.6 Å². The number of hydrogen-bond donors (Lipinski definition) is 1. The van der Waals surface area contributed by atoms with Crippen molar-refractivity contribution in [2.24, 2.45) is 17.0 Å². The van der Waals surface area contributed by atoms with Gasteiger partial charge in [0.2, 0.25) is 11.9 Å². The molecule has 1 aromatic heterocycles. The predicted octanol–water partition coefficient (Wildman–Crippen LogP) is 3.41. The minimum atomic E-state index is 0.108. The van der Waals surface area contributed by atoms with Gasteiger partial charge in [0.05, 0.1) is 5.71 Å². The summed E-state index contributed by atoms with van der Waals surface area (Å²) in [5.41, 5.74) is 8.82. The van der Waals surface area contributed by atoms with Gasteiger partial charge in [0.15, 0.2) is 0 Å². The van der Waals surface area contributed by atoms with E-state index in [1.54, 1.807) is 19.5 Å². The Bertz CT molecular complexity index is 966. The van der Waals surface area contributed by atoms with Gasteiger partial charge < -0.3 is 15.5 Å². The van der Waals surface area contributed by atoms with Gasteiger partial charge in [0.1, 0.15) is 7.11 Å². The highest BCUT2D eigenvalue weighted by atomic mass is 35.5. The monoisotopic (exact) mass is 484 g/mol. The number of likely N-dealkylation sites (tertiary alicyclic amines) is 2. The molecule has 2 saturated heterocycles. The molecule has 0 aliphatic carbocycles. The average molecular weight is 485 g/mol. The van der Waals surface area contributed by atoms with Gasteiger partial charge in [-0.2, -0.15) is 0 Å². The average Bonchev–Trinajstić information content (AvgIpc) is 2.87. The summed E-state index contributed by atoms with van der Waals surface area (Å²) in [6, 6.07) is 7.85. The molecule has 0 unspecified atom stereocenters. The molecule has 2 aliphatic rings. The normalized spacial score (nSPS) is 18.8. The number of carbonyl (C=O) groups excluding carboxylic acids is 1. The molecule has 0 saturated carbocycles. The van der Waals surface area contributed by atoms with Gasteiger partial charge in [0.25, 0.3) is 0 Å². The zero-order chi connectivity index (χ0) is 23.9. The molecular formula is C25H33ClN6O2. The van der Waals surface area contributed by atoms with Crippen molar-refractivity contribution in [1.82, 2.24) is 19.8 Å². The van der Waals surface area contributed by atoms with E-state index in [1.807, 2.05) is 24.3 Å². The standard InChI is InChI=1S/C25H33ClN6O2/c1-34-30-23(14-18-2-4-22(26)5-3-18)20-8-12-32(13-9-20)24(33)21-6-10-31(11-7-21)17-19-15-28-25(27)29-16-19/h2-5,15-16,20-21H,6-14,17H2,1H3,(H2,27,28,29)/b30-23-. The highest BCUT2D eigenvalue weighted by Crippen LogP contribution is 2.26. The van der Waals surface area contributed by atoms with E-state index in [-0.39, 0.29) is 5.92 Å². The number of nitrogen functional groups attached to an aromatic ring is 1. The van der Waals surface area contributed by atoms with Crippen LogP contribution in [0, 0.1) is 11.8 Å². The summed E-state index contributed by atoms with van der Waals surface area (Å²) in [6.07, 6.45) is 7.90. The number of hydrogen-bond acceptors (Lipinski definition) is 7. The third kappa shape index (κ3) is 6.45. The summed E-state index contributed by atoms with van der Waals surface area (Å²) in [5.74, 6) is 1.03. The Morgan fingerprint density at radius 2 is 1.65 bits per heavy atom. The van der Waals surface area contributed by atoms with E-state index in [4.69, 9.17) is 22.2 Å². The van der Waals surface area contributed by atoms with E-state index in [0.717, 1.165) is 86.7 Å². The SMILES string of the molecule is CO/N=C(/Cc1ccc(Cl)cc1)C1CCN(C(=O)C2CCN(Cc3cnc(N)nc3)CC2)CC1. The lowest BCUT2D eigenvalue weighted by Crippen LogP contribution is -2.46. The molecule has 4 rings (SSSR count). The van der Waals surface area contributed by atoms with Crippen LogP contribution in [0.5, 0.6) is 0 Å². The van der Waals surface area contributed by atoms with Crippen molar-refractivity contribution in [3.63, 3.8) is 0 Å². The lowest BCUT2D eigenvalue weighted by Gasteiger charge is -2.37. The molecule has 1 aromatic carbocycles. The number of oxime groups is 1. The largest absolute Gasteiger partial charge is 0.399 e. The topological polar surface area (TPSA) is 96.9 Å². The number of amides is 1. The highest BCUT2D eigenvalue weighted by Gasteiger charge is 2.32. The van der Waals surface area contributed by atoms with Crippen LogP contribution in [0.1, 0.15) is 36.8 Å². The number of rotatable bonds is 7. The van der Waals surface area contributed by atoms with E-state index in [9.17, 15) is 4.79 Å². The van der Waals surface area contributed by atoms with Crippen molar-refractivity contribution in [3.05, 3.63) is 52.8 Å². The Morgan fingerprint density at radius 1 is 1.03 bits per heavy atom. The summed E-state index contributed by atoms with van der Waals surface area (Å²) < 4.78 is 0. The minimum absolute atomic E-state index is 0.108. The molecule has 2 fully saturated rings. The van der Waals surface area contributed by atoms with Crippen LogP contribution in [-0.4, -0.2) is 64.7 Å². The smallest absolute Gasteiger partial charge is 0.225 e. The van der Waals surface area contributed by atoms with Gasteiger partial charge in [-0.1, -0.05) is 28.9 Å². The molecule has 8 nitrogen and oxygen atoms in total. The molecule has 0 atom stereocenters. The van der Waals surface area contributed by atoms with Gasteiger partial charge in [-0.15, -0.1) is 0 Å². The molecule has 0 radical (unpaired) electrons. The fourth-order valence-electron chi connectivity index (χ4n) is 4.91. The molecular weight excluding hydrogens is 452 g/mol. The third-order valence-electron chi connectivity index (χ3n) is 6.85. The molecule has 34 heavy (non-hydrogen) atoms. The molecule has 182 valence electrons. The second-order valence-corrected chi connectivity index (χ2v) is 9.60. The summed E-state index contributed by atoms with van der Waals surface area (Å²) >= 11 is 6.01. The Labute approximate surface area is 206 Å². The number of nitrogens with two attached hydrogens (primary N) is 1. The molecule has 0 spiro atoms. The van der Waals surface area contributed by atoms with E-state index < -0.39 is 0 Å². The number of anilines is 1. The fraction of sp³-hybridized carbons (Fsp3) is 0.520. The van der Waals surface area contributed by atoms with Crippen molar-refractivity contribution in [3.8, 4) is 0 Å². The first kappa shape index (κ1) is 24.4. The third-order valence-corrected chi connectivity index (χ3v) is 7.11. The Morgan fingerprint density at radius 3 is 2.26 bits per heavy atom. The summed E-state index contributed by atoms with van der Waals surface area (Å²) in [5, 5.41) is 5.06. The second-order valence-electron chi connectivity index (χ2n) is 9.17. The van der Waals surface area contributed by atoms with E-state index >= 15 is 0 Å². The molecule has 2 N–H and O–H groups in total. The number of benzene rings is 1. The van der Waals surface area contributed by atoms with Gasteiger partial charge in [-0.25, -0.2) is 9.97 Å². The van der Waals surface area contributed by atoms with Gasteiger partial charge in [-0.05, 0) is 56.5 Å². The number of piperidine rings is 2.